The average Bonchev–Trinajstić information content (AvgIpc) is 2.41. The first-order chi connectivity index (χ1) is 9.56. The van der Waals surface area contributed by atoms with Crippen molar-refractivity contribution in [3.05, 3.63) is 59.7 Å². The molecular formula is C16H18N2O2. The van der Waals surface area contributed by atoms with Gasteiger partial charge in [0.25, 0.3) is 0 Å². The van der Waals surface area contributed by atoms with E-state index in [4.69, 9.17) is 10.8 Å². The molecule has 4 nitrogen and oxygen atoms in total. The Hall–Kier alpha value is -2.49. The molecule has 0 aliphatic rings. The van der Waals surface area contributed by atoms with Crippen LogP contribution in [0, 0.1) is 0 Å². The lowest BCUT2D eigenvalue weighted by atomic mass is 10.1. The van der Waals surface area contributed by atoms with Crippen LogP contribution in [0.1, 0.15) is 22.8 Å². The molecule has 0 heterocycles. The third-order valence-corrected chi connectivity index (χ3v) is 3.08. The molecule has 1 unspecified atom stereocenters. The van der Waals surface area contributed by atoms with E-state index in [1.54, 1.807) is 18.2 Å². The number of nitrogens with one attached hydrogen (secondary N) is 1. The fourth-order valence-corrected chi connectivity index (χ4v) is 2.13. The van der Waals surface area contributed by atoms with E-state index in [9.17, 15) is 4.79 Å². The lowest BCUT2D eigenvalue weighted by Gasteiger charge is -2.16. The van der Waals surface area contributed by atoms with Crippen LogP contribution < -0.4 is 11.1 Å². The number of anilines is 2. The second-order valence-electron chi connectivity index (χ2n) is 4.84. The van der Waals surface area contributed by atoms with E-state index in [0.717, 1.165) is 12.1 Å². The summed E-state index contributed by atoms with van der Waals surface area (Å²) >= 11 is 0. The van der Waals surface area contributed by atoms with Gasteiger partial charge < -0.3 is 16.2 Å². The van der Waals surface area contributed by atoms with Gasteiger partial charge >= 0.3 is 5.97 Å². The van der Waals surface area contributed by atoms with Crippen molar-refractivity contribution in [2.24, 2.45) is 0 Å². The summed E-state index contributed by atoms with van der Waals surface area (Å²) in [4.78, 5) is 11.0. The van der Waals surface area contributed by atoms with Crippen LogP contribution in [0.5, 0.6) is 0 Å². The molecule has 0 saturated heterocycles. The zero-order valence-electron chi connectivity index (χ0n) is 11.3. The molecule has 4 N–H and O–H groups in total. The smallest absolute Gasteiger partial charge is 0.337 e. The maximum absolute atomic E-state index is 11.0. The Bertz CT molecular complexity index is 597. The molecule has 2 rings (SSSR count). The zero-order valence-corrected chi connectivity index (χ0v) is 11.3. The molecule has 0 bridgehead atoms. The van der Waals surface area contributed by atoms with Gasteiger partial charge in [0, 0.05) is 17.4 Å². The number of nitrogens with two attached hydrogens (primary N) is 1. The van der Waals surface area contributed by atoms with Crippen LogP contribution in [-0.4, -0.2) is 17.1 Å². The average molecular weight is 270 g/mol. The lowest BCUT2D eigenvalue weighted by molar-refractivity contribution is 0.0698. The first kappa shape index (κ1) is 13.9. The van der Waals surface area contributed by atoms with Crippen molar-refractivity contribution >= 4 is 17.3 Å². The Labute approximate surface area is 118 Å². The van der Waals surface area contributed by atoms with E-state index in [-0.39, 0.29) is 17.3 Å². The molecule has 20 heavy (non-hydrogen) atoms. The van der Waals surface area contributed by atoms with Crippen LogP contribution in [0.2, 0.25) is 0 Å². The molecule has 104 valence electrons. The topological polar surface area (TPSA) is 75.3 Å². The Morgan fingerprint density at radius 1 is 1.25 bits per heavy atom. The molecule has 4 heteroatoms. The summed E-state index contributed by atoms with van der Waals surface area (Å²) < 4.78 is 0. The highest BCUT2D eigenvalue weighted by atomic mass is 16.4. The lowest BCUT2D eigenvalue weighted by Crippen LogP contribution is -2.18. The number of carbonyl (C=O) groups is 1. The molecule has 0 aromatic heterocycles. The third kappa shape index (κ3) is 3.51. The molecule has 1 atom stereocenters. The second kappa shape index (κ2) is 6.10. The minimum absolute atomic E-state index is 0.127. The normalized spacial score (nSPS) is 11.8. The van der Waals surface area contributed by atoms with Gasteiger partial charge in [0.05, 0.1) is 5.56 Å². The number of nitrogen functional groups attached to an aromatic ring is 1. The van der Waals surface area contributed by atoms with E-state index in [2.05, 4.69) is 24.4 Å². The predicted molar refractivity (Wildman–Crippen MR) is 81.0 cm³/mol. The standard InChI is InChI=1S/C16H18N2O2/c1-11(9-12-5-3-2-4-6-12)18-13-7-8-15(17)14(10-13)16(19)20/h2-8,10-11,18H,9,17H2,1H3,(H,19,20). The quantitative estimate of drug-likeness (QED) is 0.730. The van der Waals surface area contributed by atoms with Gasteiger partial charge in [-0.2, -0.15) is 0 Å². The number of aromatic carboxylic acids is 1. The van der Waals surface area contributed by atoms with Crippen LogP contribution in [0.15, 0.2) is 48.5 Å². The van der Waals surface area contributed by atoms with Gasteiger partial charge in [0.15, 0.2) is 0 Å². The Kier molecular flexibility index (Phi) is 4.25. The van der Waals surface area contributed by atoms with Gasteiger partial charge in [-0.3, -0.25) is 0 Å². The summed E-state index contributed by atoms with van der Waals surface area (Å²) in [7, 11) is 0. The van der Waals surface area contributed by atoms with Gasteiger partial charge in [0.2, 0.25) is 0 Å². The molecule has 2 aromatic rings. The van der Waals surface area contributed by atoms with E-state index in [1.807, 2.05) is 18.2 Å². The summed E-state index contributed by atoms with van der Waals surface area (Å²) in [6.07, 6.45) is 0.869. The van der Waals surface area contributed by atoms with E-state index in [1.165, 1.54) is 5.56 Å². The highest BCUT2D eigenvalue weighted by molar-refractivity contribution is 5.94. The van der Waals surface area contributed by atoms with E-state index >= 15 is 0 Å². The van der Waals surface area contributed by atoms with Gasteiger partial charge in [-0.05, 0) is 37.1 Å². The molecule has 0 amide bonds. The van der Waals surface area contributed by atoms with E-state index < -0.39 is 5.97 Å². The summed E-state index contributed by atoms with van der Waals surface area (Å²) in [6.45, 7) is 2.06. The maximum Gasteiger partial charge on any atom is 0.337 e. The second-order valence-corrected chi connectivity index (χ2v) is 4.84. The van der Waals surface area contributed by atoms with Crippen LogP contribution in [0.3, 0.4) is 0 Å². The zero-order chi connectivity index (χ0) is 14.5. The fraction of sp³-hybridized carbons (Fsp3) is 0.188. The molecular weight excluding hydrogens is 252 g/mol. The third-order valence-electron chi connectivity index (χ3n) is 3.08. The van der Waals surface area contributed by atoms with Crippen molar-refractivity contribution in [2.45, 2.75) is 19.4 Å². The molecule has 0 radical (unpaired) electrons. The highest BCUT2D eigenvalue weighted by Gasteiger charge is 2.10. The molecule has 0 aliphatic heterocycles. The summed E-state index contributed by atoms with van der Waals surface area (Å²) in [5.74, 6) is -1.01. The number of hydrogen-bond donors (Lipinski definition) is 3. The Morgan fingerprint density at radius 2 is 1.95 bits per heavy atom. The first-order valence-electron chi connectivity index (χ1n) is 6.49. The van der Waals surface area contributed by atoms with Crippen LogP contribution >= 0.6 is 0 Å². The predicted octanol–water partition coefficient (Wildman–Crippen LogP) is 3.01. The van der Waals surface area contributed by atoms with Crippen molar-refractivity contribution in [1.82, 2.24) is 0 Å². The van der Waals surface area contributed by atoms with Crippen molar-refractivity contribution < 1.29 is 9.90 Å². The molecule has 0 saturated carbocycles. The molecule has 0 fully saturated rings. The molecule has 0 aliphatic carbocycles. The van der Waals surface area contributed by atoms with Crippen LogP contribution in [-0.2, 0) is 6.42 Å². The largest absolute Gasteiger partial charge is 0.478 e. The van der Waals surface area contributed by atoms with Crippen molar-refractivity contribution in [1.29, 1.82) is 0 Å². The van der Waals surface area contributed by atoms with Gasteiger partial charge in [-0.1, -0.05) is 30.3 Å². The minimum Gasteiger partial charge on any atom is -0.478 e. The fourth-order valence-electron chi connectivity index (χ4n) is 2.13. The Balaban J connectivity index is 2.06. The SMILES string of the molecule is CC(Cc1ccccc1)Nc1ccc(N)c(C(=O)O)c1. The summed E-state index contributed by atoms with van der Waals surface area (Å²) in [5.41, 5.74) is 8.04. The molecule has 2 aromatic carbocycles. The summed E-state index contributed by atoms with van der Waals surface area (Å²) in [6, 6.07) is 15.3. The monoisotopic (exact) mass is 270 g/mol. The Morgan fingerprint density at radius 3 is 2.60 bits per heavy atom. The number of benzene rings is 2. The van der Waals surface area contributed by atoms with Crippen molar-refractivity contribution in [2.75, 3.05) is 11.1 Å². The highest BCUT2D eigenvalue weighted by Crippen LogP contribution is 2.19. The van der Waals surface area contributed by atoms with Gasteiger partial charge in [-0.15, -0.1) is 0 Å². The maximum atomic E-state index is 11.0. The number of rotatable bonds is 5. The van der Waals surface area contributed by atoms with Crippen molar-refractivity contribution in [3.63, 3.8) is 0 Å². The number of hydrogen-bond acceptors (Lipinski definition) is 3. The van der Waals surface area contributed by atoms with Crippen molar-refractivity contribution in [3.8, 4) is 0 Å². The van der Waals surface area contributed by atoms with E-state index in [0.29, 0.717) is 0 Å². The van der Waals surface area contributed by atoms with Gasteiger partial charge in [0.1, 0.15) is 0 Å². The first-order valence-corrected chi connectivity index (χ1v) is 6.49. The van der Waals surface area contributed by atoms with Crippen LogP contribution in [0.4, 0.5) is 11.4 Å². The number of carboxylic acids is 1. The summed E-state index contributed by atoms with van der Waals surface area (Å²) in [5, 5.41) is 12.3. The number of carboxylic acid groups (broad SMARTS) is 1. The van der Waals surface area contributed by atoms with Gasteiger partial charge in [-0.25, -0.2) is 4.79 Å². The minimum atomic E-state index is -1.01. The molecule has 0 spiro atoms. The van der Waals surface area contributed by atoms with Crippen LogP contribution in [0.25, 0.3) is 0 Å².